The van der Waals surface area contributed by atoms with Crippen molar-refractivity contribution in [2.75, 3.05) is 5.32 Å². The highest BCUT2D eigenvalue weighted by Crippen LogP contribution is 2.23. The molecule has 0 unspecified atom stereocenters. The molecule has 3 heteroatoms. The van der Waals surface area contributed by atoms with Gasteiger partial charge in [0.15, 0.2) is 0 Å². The van der Waals surface area contributed by atoms with Crippen molar-refractivity contribution < 1.29 is 9.21 Å². The number of amides is 1. The topological polar surface area (TPSA) is 42.2 Å². The summed E-state index contributed by atoms with van der Waals surface area (Å²) >= 11 is 0. The van der Waals surface area contributed by atoms with Crippen LogP contribution in [0.15, 0.2) is 59.2 Å². The zero-order chi connectivity index (χ0) is 13.9. The third kappa shape index (κ3) is 2.57. The molecular formula is C17H15NO2. The number of carbonyl (C=O) groups is 1. The molecule has 0 saturated carbocycles. The fourth-order valence-electron chi connectivity index (χ4n) is 2.23. The van der Waals surface area contributed by atoms with Crippen LogP contribution < -0.4 is 5.32 Å². The van der Waals surface area contributed by atoms with Crippen molar-refractivity contribution in [2.24, 2.45) is 0 Å². The highest BCUT2D eigenvalue weighted by molar-refractivity contribution is 5.95. The summed E-state index contributed by atoms with van der Waals surface area (Å²) in [6, 6.07) is 15.4. The Morgan fingerprint density at radius 3 is 2.75 bits per heavy atom. The standard InChI is InChI=1S/C17H15NO2/c1-12-7-8-16-15(9-12)13(11-20-16)10-17(19)18-14-5-3-2-4-6-14/h2-9,11H,10H2,1H3,(H,18,19). The van der Waals surface area contributed by atoms with Crippen molar-refractivity contribution in [1.29, 1.82) is 0 Å². The van der Waals surface area contributed by atoms with Crippen molar-refractivity contribution in [3.63, 3.8) is 0 Å². The predicted molar refractivity (Wildman–Crippen MR) is 79.7 cm³/mol. The lowest BCUT2D eigenvalue weighted by Crippen LogP contribution is -2.13. The van der Waals surface area contributed by atoms with Crippen LogP contribution in [-0.2, 0) is 11.2 Å². The van der Waals surface area contributed by atoms with Gasteiger partial charge in [-0.05, 0) is 31.2 Å². The number of nitrogens with one attached hydrogen (secondary N) is 1. The first-order valence-electron chi connectivity index (χ1n) is 6.54. The average molecular weight is 265 g/mol. The maximum Gasteiger partial charge on any atom is 0.228 e. The molecular weight excluding hydrogens is 250 g/mol. The summed E-state index contributed by atoms with van der Waals surface area (Å²) in [6.07, 6.45) is 1.97. The highest BCUT2D eigenvalue weighted by Gasteiger charge is 2.10. The molecule has 1 N–H and O–H groups in total. The molecule has 0 fully saturated rings. The summed E-state index contributed by atoms with van der Waals surface area (Å²) < 4.78 is 5.48. The number of aryl methyl sites for hydroxylation is 1. The molecule has 0 aliphatic carbocycles. The second-order valence-electron chi connectivity index (χ2n) is 4.85. The molecule has 2 aromatic carbocycles. The van der Waals surface area contributed by atoms with E-state index in [-0.39, 0.29) is 5.91 Å². The van der Waals surface area contributed by atoms with Crippen LogP contribution in [0.2, 0.25) is 0 Å². The Balaban J connectivity index is 1.79. The number of rotatable bonds is 3. The second kappa shape index (κ2) is 5.21. The van der Waals surface area contributed by atoms with E-state index in [9.17, 15) is 4.79 Å². The fraction of sp³-hybridized carbons (Fsp3) is 0.118. The van der Waals surface area contributed by atoms with Gasteiger partial charge in [-0.25, -0.2) is 0 Å². The number of anilines is 1. The summed E-state index contributed by atoms with van der Waals surface area (Å²) in [6.45, 7) is 2.03. The summed E-state index contributed by atoms with van der Waals surface area (Å²) in [4.78, 5) is 12.1. The predicted octanol–water partition coefficient (Wildman–Crippen LogP) is 3.92. The van der Waals surface area contributed by atoms with E-state index in [4.69, 9.17) is 4.42 Å². The molecule has 1 amide bonds. The number of para-hydroxylation sites is 1. The number of hydrogen-bond donors (Lipinski definition) is 1. The van der Waals surface area contributed by atoms with Gasteiger partial charge in [-0.1, -0.05) is 29.8 Å². The molecule has 1 heterocycles. The van der Waals surface area contributed by atoms with Crippen LogP contribution in [0, 0.1) is 6.92 Å². The lowest BCUT2D eigenvalue weighted by Gasteiger charge is -2.04. The zero-order valence-electron chi connectivity index (χ0n) is 11.2. The van der Waals surface area contributed by atoms with Crippen molar-refractivity contribution in [2.45, 2.75) is 13.3 Å². The summed E-state index contributed by atoms with van der Waals surface area (Å²) in [7, 11) is 0. The van der Waals surface area contributed by atoms with Gasteiger partial charge in [0.05, 0.1) is 12.7 Å². The molecule has 3 rings (SSSR count). The van der Waals surface area contributed by atoms with Gasteiger partial charge >= 0.3 is 0 Å². The van der Waals surface area contributed by atoms with Crippen LogP contribution in [-0.4, -0.2) is 5.91 Å². The molecule has 0 spiro atoms. The van der Waals surface area contributed by atoms with Crippen molar-refractivity contribution in [3.8, 4) is 0 Å². The Hall–Kier alpha value is -2.55. The van der Waals surface area contributed by atoms with E-state index < -0.39 is 0 Å². The van der Waals surface area contributed by atoms with Crippen molar-refractivity contribution >= 4 is 22.6 Å². The zero-order valence-corrected chi connectivity index (χ0v) is 11.2. The van der Waals surface area contributed by atoms with Crippen molar-refractivity contribution in [1.82, 2.24) is 0 Å². The smallest absolute Gasteiger partial charge is 0.228 e. The van der Waals surface area contributed by atoms with Crippen molar-refractivity contribution in [3.05, 3.63) is 65.9 Å². The average Bonchev–Trinajstić information content (AvgIpc) is 2.82. The van der Waals surface area contributed by atoms with Gasteiger partial charge in [-0.2, -0.15) is 0 Å². The quantitative estimate of drug-likeness (QED) is 0.779. The molecule has 3 aromatic rings. The molecule has 0 radical (unpaired) electrons. The Labute approximate surface area is 117 Å². The van der Waals surface area contributed by atoms with Crippen LogP contribution >= 0.6 is 0 Å². The number of furan rings is 1. The Morgan fingerprint density at radius 2 is 1.95 bits per heavy atom. The first-order chi connectivity index (χ1) is 9.72. The minimum Gasteiger partial charge on any atom is -0.464 e. The number of benzene rings is 2. The highest BCUT2D eigenvalue weighted by atomic mass is 16.3. The van der Waals surface area contributed by atoms with Gasteiger partial charge in [-0.3, -0.25) is 4.79 Å². The van der Waals surface area contributed by atoms with Crippen LogP contribution in [0.1, 0.15) is 11.1 Å². The molecule has 3 nitrogen and oxygen atoms in total. The first-order valence-corrected chi connectivity index (χ1v) is 6.54. The Kier molecular flexibility index (Phi) is 3.25. The number of hydrogen-bond acceptors (Lipinski definition) is 2. The Morgan fingerprint density at radius 1 is 1.15 bits per heavy atom. The van der Waals surface area contributed by atoms with E-state index in [1.54, 1.807) is 6.26 Å². The van der Waals surface area contributed by atoms with E-state index in [2.05, 4.69) is 5.32 Å². The molecule has 0 bridgehead atoms. The lowest BCUT2D eigenvalue weighted by molar-refractivity contribution is -0.115. The summed E-state index contributed by atoms with van der Waals surface area (Å²) in [5.41, 5.74) is 3.69. The van der Waals surface area contributed by atoms with Crippen LogP contribution in [0.5, 0.6) is 0 Å². The van der Waals surface area contributed by atoms with Gasteiger partial charge in [0, 0.05) is 16.6 Å². The minimum absolute atomic E-state index is 0.0413. The molecule has 0 aliphatic heterocycles. The molecule has 0 aliphatic rings. The molecule has 100 valence electrons. The maximum absolute atomic E-state index is 12.1. The minimum atomic E-state index is -0.0413. The van der Waals surface area contributed by atoms with Gasteiger partial charge in [0.2, 0.25) is 5.91 Å². The fourth-order valence-corrected chi connectivity index (χ4v) is 2.23. The van der Waals surface area contributed by atoms with E-state index >= 15 is 0 Å². The molecule has 1 aromatic heterocycles. The molecule has 0 atom stereocenters. The van der Waals surface area contributed by atoms with E-state index in [1.165, 1.54) is 0 Å². The van der Waals surface area contributed by atoms with E-state index in [1.807, 2.05) is 55.5 Å². The van der Waals surface area contributed by atoms with E-state index in [0.717, 1.165) is 27.8 Å². The normalized spacial score (nSPS) is 10.7. The van der Waals surface area contributed by atoms with Crippen LogP contribution in [0.25, 0.3) is 11.0 Å². The van der Waals surface area contributed by atoms with Gasteiger partial charge < -0.3 is 9.73 Å². The second-order valence-corrected chi connectivity index (χ2v) is 4.85. The van der Waals surface area contributed by atoms with Crippen LogP contribution in [0.4, 0.5) is 5.69 Å². The summed E-state index contributed by atoms with van der Waals surface area (Å²) in [5.74, 6) is -0.0413. The Bertz CT molecular complexity index is 744. The van der Waals surface area contributed by atoms with Gasteiger partial charge in [-0.15, -0.1) is 0 Å². The third-order valence-corrected chi connectivity index (χ3v) is 3.22. The maximum atomic E-state index is 12.1. The van der Waals surface area contributed by atoms with Crippen LogP contribution in [0.3, 0.4) is 0 Å². The van der Waals surface area contributed by atoms with Gasteiger partial charge in [0.1, 0.15) is 5.58 Å². The monoisotopic (exact) mass is 265 g/mol. The van der Waals surface area contributed by atoms with Gasteiger partial charge in [0.25, 0.3) is 0 Å². The molecule has 0 saturated heterocycles. The largest absolute Gasteiger partial charge is 0.464 e. The SMILES string of the molecule is Cc1ccc2occ(CC(=O)Nc3ccccc3)c2c1. The lowest BCUT2D eigenvalue weighted by atomic mass is 10.1. The first kappa shape index (κ1) is 12.5. The number of carbonyl (C=O) groups excluding carboxylic acids is 1. The molecule has 20 heavy (non-hydrogen) atoms. The van der Waals surface area contributed by atoms with E-state index in [0.29, 0.717) is 6.42 Å². The number of fused-ring (bicyclic) bond motifs is 1. The third-order valence-electron chi connectivity index (χ3n) is 3.22. The summed E-state index contributed by atoms with van der Waals surface area (Å²) in [5, 5.41) is 3.89.